The monoisotopic (exact) mass is 424 g/mol. The molecule has 0 aromatic heterocycles. The highest BCUT2D eigenvalue weighted by molar-refractivity contribution is 6.28. The maximum atomic E-state index is 17.1. The van der Waals surface area contributed by atoms with E-state index in [1.165, 1.54) is 0 Å². The Labute approximate surface area is 178 Å². The van der Waals surface area contributed by atoms with Crippen LogP contribution in [0.2, 0.25) is 0 Å². The van der Waals surface area contributed by atoms with Gasteiger partial charge in [-0.25, -0.2) is 4.39 Å². The van der Waals surface area contributed by atoms with Gasteiger partial charge in [-0.3, -0.25) is 9.59 Å². The predicted molar refractivity (Wildman–Crippen MR) is 111 cm³/mol. The third kappa shape index (κ3) is 2.34. The fraction of sp³-hybridized carbons (Fsp3) is 0.833. The van der Waals surface area contributed by atoms with Crippen LogP contribution in [0.4, 0.5) is 4.39 Å². The molecule has 0 spiro atoms. The molecule has 0 saturated heterocycles. The van der Waals surface area contributed by atoms with Crippen molar-refractivity contribution in [2.45, 2.75) is 84.4 Å². The highest BCUT2D eigenvalue weighted by atomic mass is 35.5. The van der Waals surface area contributed by atoms with Gasteiger partial charge in [0.05, 0.1) is 12.0 Å². The Hall–Kier alpha value is -0.740. The van der Waals surface area contributed by atoms with Gasteiger partial charge in [-0.2, -0.15) is 0 Å². The van der Waals surface area contributed by atoms with Gasteiger partial charge in [0.2, 0.25) is 0 Å². The molecule has 1 N–H and O–H groups in total. The molecule has 0 aromatic carbocycles. The third-order valence-electron chi connectivity index (χ3n) is 10.1. The van der Waals surface area contributed by atoms with E-state index in [9.17, 15) is 14.7 Å². The molecule has 3 fully saturated rings. The number of Topliss-reactive ketones (excluding diaryl/α,β-unsaturated/α-hetero) is 1. The molecule has 0 amide bonds. The number of carbonyl (C=O) groups is 2. The molecule has 5 heteroatoms. The summed E-state index contributed by atoms with van der Waals surface area (Å²) >= 11 is 6.06. The van der Waals surface area contributed by atoms with Gasteiger partial charge in [0.15, 0.2) is 11.6 Å². The lowest BCUT2D eigenvalue weighted by Crippen LogP contribution is -2.68. The van der Waals surface area contributed by atoms with Crippen molar-refractivity contribution in [2.75, 3.05) is 5.88 Å². The quantitative estimate of drug-likeness (QED) is 0.646. The summed E-state index contributed by atoms with van der Waals surface area (Å²) < 4.78 is 17.1. The number of aliphatic hydroxyl groups excluding tert-OH is 1. The molecule has 29 heavy (non-hydrogen) atoms. The molecule has 4 aliphatic rings. The molecule has 0 aliphatic heterocycles. The summed E-state index contributed by atoms with van der Waals surface area (Å²) in [5.41, 5.74) is -2.76. The zero-order valence-corrected chi connectivity index (χ0v) is 18.8. The van der Waals surface area contributed by atoms with Crippen LogP contribution < -0.4 is 0 Å². The number of halogens is 2. The summed E-state index contributed by atoms with van der Waals surface area (Å²) in [5, 5.41) is 11.4. The lowest BCUT2D eigenvalue weighted by atomic mass is 9.42. The van der Waals surface area contributed by atoms with E-state index >= 15 is 4.39 Å². The normalized spacial score (nSPS) is 51.7. The minimum absolute atomic E-state index is 0.0330. The molecule has 0 heterocycles. The van der Waals surface area contributed by atoms with Crippen LogP contribution in [0.15, 0.2) is 11.6 Å². The molecule has 3 nitrogen and oxygen atoms in total. The lowest BCUT2D eigenvalue weighted by molar-refractivity contribution is -0.217. The van der Waals surface area contributed by atoms with Crippen LogP contribution in [-0.2, 0) is 9.59 Å². The van der Waals surface area contributed by atoms with Crippen molar-refractivity contribution in [2.24, 2.45) is 34.0 Å². The summed E-state index contributed by atoms with van der Waals surface area (Å²) in [4.78, 5) is 25.2. The number of carbonyl (C=O) groups excluding carboxylic acids is 2. The van der Waals surface area contributed by atoms with E-state index in [0.29, 0.717) is 32.1 Å². The minimum Gasteiger partial charge on any atom is -0.390 e. The summed E-state index contributed by atoms with van der Waals surface area (Å²) in [6.07, 6.45) is 4.38. The van der Waals surface area contributed by atoms with E-state index in [-0.39, 0.29) is 41.6 Å². The molecule has 8 atom stereocenters. The van der Waals surface area contributed by atoms with Gasteiger partial charge in [0.25, 0.3) is 0 Å². The lowest BCUT2D eigenvalue weighted by Gasteiger charge is -2.64. The first-order valence-corrected chi connectivity index (χ1v) is 11.8. The highest BCUT2D eigenvalue weighted by Crippen LogP contribution is 2.74. The number of ketones is 2. The topological polar surface area (TPSA) is 54.4 Å². The maximum Gasteiger partial charge on any atom is 0.155 e. The second kappa shape index (κ2) is 6.63. The van der Waals surface area contributed by atoms with E-state index < -0.39 is 28.0 Å². The SMILES string of the molecule is CC[C@]1(C(=O)CCl)[C@H](C)C[C@H]2[C@@H]3CCC4=CC(=O)CC[C@]4(C)[C@@]3(F)[C@@H](O)C[C@@]21C. The molecule has 0 bridgehead atoms. The van der Waals surface area contributed by atoms with Crippen molar-refractivity contribution in [3.05, 3.63) is 11.6 Å². The Morgan fingerprint density at radius 3 is 2.62 bits per heavy atom. The zero-order chi connectivity index (χ0) is 21.4. The van der Waals surface area contributed by atoms with Crippen molar-refractivity contribution >= 4 is 23.2 Å². The second-order valence-corrected chi connectivity index (χ2v) is 10.9. The summed E-state index contributed by atoms with van der Waals surface area (Å²) in [6, 6.07) is 0. The fourth-order valence-electron chi connectivity index (χ4n) is 8.67. The Kier molecular flexibility index (Phi) is 4.91. The molecular weight excluding hydrogens is 391 g/mol. The Morgan fingerprint density at radius 2 is 2.00 bits per heavy atom. The fourth-order valence-corrected chi connectivity index (χ4v) is 8.91. The molecule has 0 radical (unpaired) electrons. The van der Waals surface area contributed by atoms with Crippen molar-refractivity contribution in [3.63, 3.8) is 0 Å². The largest absolute Gasteiger partial charge is 0.390 e. The summed E-state index contributed by atoms with van der Waals surface area (Å²) in [7, 11) is 0. The Bertz CT molecular complexity index is 780. The summed E-state index contributed by atoms with van der Waals surface area (Å²) in [5.74, 6) is -0.0691. The van der Waals surface area contributed by atoms with Gasteiger partial charge >= 0.3 is 0 Å². The number of alkyl halides is 2. The number of fused-ring (bicyclic) bond motifs is 5. The molecule has 0 aromatic rings. The smallest absolute Gasteiger partial charge is 0.155 e. The number of allylic oxidation sites excluding steroid dienone is 1. The van der Waals surface area contributed by atoms with Crippen LogP contribution in [0.5, 0.6) is 0 Å². The van der Waals surface area contributed by atoms with Crippen LogP contribution in [0.25, 0.3) is 0 Å². The van der Waals surface area contributed by atoms with E-state index in [2.05, 4.69) is 13.8 Å². The number of hydrogen-bond acceptors (Lipinski definition) is 3. The van der Waals surface area contributed by atoms with Gasteiger partial charge in [0.1, 0.15) is 5.67 Å². The first-order chi connectivity index (χ1) is 13.5. The van der Waals surface area contributed by atoms with E-state index in [0.717, 1.165) is 12.0 Å². The molecule has 3 saturated carbocycles. The minimum atomic E-state index is -1.75. The Balaban J connectivity index is 1.84. The zero-order valence-electron chi connectivity index (χ0n) is 18.1. The van der Waals surface area contributed by atoms with Crippen LogP contribution >= 0.6 is 11.6 Å². The first-order valence-electron chi connectivity index (χ1n) is 11.2. The number of rotatable bonds is 3. The number of aliphatic hydroxyl groups is 1. The van der Waals surface area contributed by atoms with Gasteiger partial charge in [-0.1, -0.05) is 33.3 Å². The van der Waals surface area contributed by atoms with Crippen molar-refractivity contribution in [1.29, 1.82) is 0 Å². The van der Waals surface area contributed by atoms with Crippen LogP contribution in [0.1, 0.15) is 72.6 Å². The molecule has 4 aliphatic carbocycles. The van der Waals surface area contributed by atoms with Gasteiger partial charge < -0.3 is 5.11 Å². The van der Waals surface area contributed by atoms with Crippen molar-refractivity contribution in [3.8, 4) is 0 Å². The standard InChI is InChI=1S/C24H34ClFO3/c1-5-23(20(29)13-25)14(2)10-18-17-7-6-15-11-16(27)8-9-21(15,3)24(17,26)19(28)12-22(18,23)4/h11,14,17-19,28H,5-10,12-13H2,1-4H3/t14-,17+,18+,19+,21+,22+,23-,24+/m1/s1. The average Bonchev–Trinajstić information content (AvgIpc) is 2.90. The van der Waals surface area contributed by atoms with Crippen LogP contribution in [0, 0.1) is 34.0 Å². The number of hydrogen-bond donors (Lipinski definition) is 1. The van der Waals surface area contributed by atoms with Gasteiger partial charge in [-0.15, -0.1) is 11.6 Å². The van der Waals surface area contributed by atoms with Gasteiger partial charge in [0, 0.05) is 23.2 Å². The molecule has 4 rings (SSSR count). The maximum absolute atomic E-state index is 17.1. The molecule has 162 valence electrons. The van der Waals surface area contributed by atoms with Crippen molar-refractivity contribution in [1.82, 2.24) is 0 Å². The van der Waals surface area contributed by atoms with E-state index in [4.69, 9.17) is 11.6 Å². The second-order valence-electron chi connectivity index (χ2n) is 10.6. The molecule has 0 unspecified atom stereocenters. The van der Waals surface area contributed by atoms with Crippen LogP contribution in [0.3, 0.4) is 0 Å². The van der Waals surface area contributed by atoms with E-state index in [1.54, 1.807) is 6.08 Å². The molecular formula is C24H34ClFO3. The van der Waals surface area contributed by atoms with Crippen molar-refractivity contribution < 1.29 is 19.1 Å². The Morgan fingerprint density at radius 1 is 1.31 bits per heavy atom. The third-order valence-corrected chi connectivity index (χ3v) is 10.3. The van der Waals surface area contributed by atoms with Crippen LogP contribution in [-0.4, -0.2) is 34.3 Å². The van der Waals surface area contributed by atoms with E-state index in [1.807, 2.05) is 13.8 Å². The van der Waals surface area contributed by atoms with Gasteiger partial charge in [-0.05, 0) is 61.9 Å². The summed E-state index contributed by atoms with van der Waals surface area (Å²) in [6.45, 7) is 8.17. The highest BCUT2D eigenvalue weighted by Gasteiger charge is 2.75. The first kappa shape index (κ1) is 21.5. The predicted octanol–water partition coefficient (Wildman–Crippen LogP) is 5.03. The average molecular weight is 425 g/mol.